The Morgan fingerprint density at radius 3 is 2.72 bits per heavy atom. The predicted molar refractivity (Wildman–Crippen MR) is 142 cm³/mol. The van der Waals surface area contributed by atoms with Gasteiger partial charge in [-0.05, 0) is 60.8 Å². The number of carboxylic acid groups (broad SMARTS) is 1. The number of benzene rings is 1. The Balaban J connectivity index is 1.22. The van der Waals surface area contributed by atoms with Crippen molar-refractivity contribution in [2.45, 2.75) is 76.9 Å². The van der Waals surface area contributed by atoms with E-state index in [9.17, 15) is 9.90 Å². The van der Waals surface area contributed by atoms with Crippen LogP contribution >= 0.6 is 0 Å². The minimum atomic E-state index is -0.835. The third kappa shape index (κ3) is 6.19. The molecule has 36 heavy (non-hydrogen) atoms. The van der Waals surface area contributed by atoms with Gasteiger partial charge in [0.15, 0.2) is 0 Å². The van der Waals surface area contributed by atoms with Crippen LogP contribution in [0.3, 0.4) is 0 Å². The lowest BCUT2D eigenvalue weighted by Crippen LogP contribution is -2.55. The molecule has 2 N–H and O–H groups in total. The van der Waals surface area contributed by atoms with Crippen molar-refractivity contribution in [2.24, 2.45) is 0 Å². The quantitative estimate of drug-likeness (QED) is 0.425. The van der Waals surface area contributed by atoms with Crippen molar-refractivity contribution in [1.82, 2.24) is 9.88 Å². The second-order valence-electron chi connectivity index (χ2n) is 11.0. The highest BCUT2D eigenvalue weighted by Crippen LogP contribution is 2.40. The molecule has 196 valence electrons. The average Bonchev–Trinajstić information content (AvgIpc) is 2.82. The molecule has 0 saturated carbocycles. The molecular weight excluding hydrogens is 454 g/mol. The van der Waals surface area contributed by atoms with E-state index in [1.807, 2.05) is 23.1 Å². The van der Waals surface area contributed by atoms with Gasteiger partial charge in [-0.2, -0.15) is 0 Å². The van der Waals surface area contributed by atoms with E-state index in [-0.39, 0.29) is 11.5 Å². The number of fused-ring (bicyclic) bond motifs is 1. The van der Waals surface area contributed by atoms with E-state index in [0.717, 1.165) is 67.0 Å². The Labute approximate surface area is 215 Å². The molecule has 4 rings (SSSR count). The largest absolute Gasteiger partial charge is 0.496 e. The van der Waals surface area contributed by atoms with Crippen molar-refractivity contribution in [2.75, 3.05) is 38.7 Å². The van der Waals surface area contributed by atoms with Crippen molar-refractivity contribution in [1.29, 1.82) is 0 Å². The lowest BCUT2D eigenvalue weighted by atomic mass is 9.80. The van der Waals surface area contributed by atoms with E-state index in [1.54, 1.807) is 7.11 Å². The number of pyridine rings is 1. The molecule has 3 heterocycles. The molecule has 1 aromatic heterocycles. The number of rotatable bonds is 11. The van der Waals surface area contributed by atoms with Gasteiger partial charge in [-0.3, -0.25) is 9.69 Å². The molecule has 2 aromatic rings. The molecule has 7 nitrogen and oxygen atoms in total. The normalized spacial score (nSPS) is 17.1. The van der Waals surface area contributed by atoms with Crippen molar-refractivity contribution in [3.63, 3.8) is 0 Å². The van der Waals surface area contributed by atoms with Gasteiger partial charge in [-0.1, -0.05) is 45.4 Å². The second-order valence-corrected chi connectivity index (χ2v) is 11.0. The molecule has 1 aromatic carbocycles. The number of methoxy groups -OCH3 is 1. The number of carboxylic acids is 1. The van der Waals surface area contributed by atoms with Gasteiger partial charge in [0.2, 0.25) is 0 Å². The lowest BCUT2D eigenvalue weighted by Gasteiger charge is -2.43. The maximum Gasteiger partial charge on any atom is 0.325 e. The number of hydrogen-bond acceptors (Lipinski definition) is 6. The molecule has 7 heteroatoms. The Morgan fingerprint density at radius 1 is 1.19 bits per heavy atom. The number of unbranched alkanes of at least 4 members (excludes halogenated alkanes) is 2. The van der Waals surface area contributed by atoms with E-state index in [1.165, 1.54) is 12.0 Å². The first-order chi connectivity index (χ1) is 17.3. The summed E-state index contributed by atoms with van der Waals surface area (Å²) < 4.78 is 11.6. The van der Waals surface area contributed by atoms with Gasteiger partial charge in [-0.15, -0.1) is 0 Å². The van der Waals surface area contributed by atoms with E-state index < -0.39 is 12.0 Å². The average molecular weight is 496 g/mol. The van der Waals surface area contributed by atoms with Crippen LogP contribution in [0.2, 0.25) is 0 Å². The van der Waals surface area contributed by atoms with Gasteiger partial charge in [0.05, 0.1) is 13.2 Å². The number of nitrogens with zero attached hydrogens (tertiary/aromatic N) is 2. The number of ether oxygens (including phenoxy) is 2. The van der Waals surface area contributed by atoms with Crippen LogP contribution in [0, 0.1) is 0 Å². The molecule has 2 aliphatic rings. The van der Waals surface area contributed by atoms with Crippen molar-refractivity contribution in [3.05, 3.63) is 52.7 Å². The monoisotopic (exact) mass is 495 g/mol. The zero-order valence-electron chi connectivity index (χ0n) is 22.2. The number of carbonyl (C=O) groups is 1. The van der Waals surface area contributed by atoms with Crippen LogP contribution in [0.1, 0.15) is 74.9 Å². The fourth-order valence-corrected chi connectivity index (χ4v) is 5.36. The highest BCUT2D eigenvalue weighted by atomic mass is 16.5. The molecule has 0 amide bonds. The van der Waals surface area contributed by atoms with Crippen LogP contribution in [0.25, 0.3) is 0 Å². The predicted octanol–water partition coefficient (Wildman–Crippen LogP) is 4.99. The molecule has 0 spiro atoms. The smallest absolute Gasteiger partial charge is 0.325 e. The molecule has 1 fully saturated rings. The van der Waals surface area contributed by atoms with Crippen LogP contribution in [0.5, 0.6) is 5.75 Å². The van der Waals surface area contributed by atoms with E-state index >= 15 is 0 Å². The van der Waals surface area contributed by atoms with Crippen LogP contribution < -0.4 is 10.1 Å². The first-order valence-corrected chi connectivity index (χ1v) is 13.3. The highest BCUT2D eigenvalue weighted by Gasteiger charge is 2.40. The molecule has 0 bridgehead atoms. The van der Waals surface area contributed by atoms with Crippen molar-refractivity contribution < 1.29 is 19.4 Å². The zero-order valence-corrected chi connectivity index (χ0v) is 22.2. The summed E-state index contributed by atoms with van der Waals surface area (Å²) in [4.78, 5) is 19.1. The van der Waals surface area contributed by atoms with E-state index in [0.29, 0.717) is 19.7 Å². The Kier molecular flexibility index (Phi) is 8.52. The fourth-order valence-electron chi connectivity index (χ4n) is 5.36. The summed E-state index contributed by atoms with van der Waals surface area (Å²) in [6, 6.07) is 9.39. The van der Waals surface area contributed by atoms with Crippen LogP contribution in [-0.2, 0) is 27.8 Å². The number of hydrogen-bond donors (Lipinski definition) is 2. The molecule has 1 unspecified atom stereocenters. The van der Waals surface area contributed by atoms with Gasteiger partial charge in [0.25, 0.3) is 0 Å². The van der Waals surface area contributed by atoms with Crippen LogP contribution in [0.4, 0.5) is 5.82 Å². The van der Waals surface area contributed by atoms with Gasteiger partial charge >= 0.3 is 5.97 Å². The summed E-state index contributed by atoms with van der Waals surface area (Å²) in [5, 5.41) is 13.5. The molecular formula is C29H41N3O4. The Hall–Kier alpha value is -2.64. The summed E-state index contributed by atoms with van der Waals surface area (Å²) in [7, 11) is 1.64. The number of aryl methyl sites for hydroxylation is 2. The Bertz CT molecular complexity index is 1040. The minimum Gasteiger partial charge on any atom is -0.496 e. The van der Waals surface area contributed by atoms with Gasteiger partial charge < -0.3 is 19.9 Å². The molecule has 0 radical (unpaired) electrons. The minimum absolute atomic E-state index is 0.0870. The third-order valence-corrected chi connectivity index (χ3v) is 7.18. The maximum atomic E-state index is 12.3. The molecule has 2 aliphatic heterocycles. The standard InChI is InChI=1S/C29H41N3O4/c1-29(2,3)25-23(12-8-13-24(25)35-4)26(28(33)34)32-18-22(19-32)36-17-7-5-6-11-21-15-14-20-10-9-16-30-27(20)31-21/h8,12-15,22,26H,5-7,9-11,16-19H2,1-4H3,(H,30,31)(H,33,34). The van der Waals surface area contributed by atoms with Crippen LogP contribution in [-0.4, -0.2) is 60.4 Å². The number of aromatic nitrogens is 1. The van der Waals surface area contributed by atoms with Crippen molar-refractivity contribution in [3.8, 4) is 5.75 Å². The molecule has 1 saturated heterocycles. The SMILES string of the molecule is COc1cccc(C(C(=O)O)N2CC(OCCCCCc3ccc4c(n3)NCCC4)C2)c1C(C)(C)C. The zero-order chi connectivity index (χ0) is 25.7. The van der Waals surface area contributed by atoms with E-state index in [4.69, 9.17) is 14.5 Å². The van der Waals surface area contributed by atoms with Gasteiger partial charge in [0, 0.05) is 37.5 Å². The number of anilines is 1. The second kappa shape index (κ2) is 11.6. The summed E-state index contributed by atoms with van der Waals surface area (Å²) in [5.41, 5.74) is 4.01. The van der Waals surface area contributed by atoms with Crippen LogP contribution in [0.15, 0.2) is 30.3 Å². The fraction of sp³-hybridized carbons (Fsp3) is 0.586. The molecule has 1 atom stereocenters. The van der Waals surface area contributed by atoms with E-state index in [2.05, 4.69) is 38.2 Å². The number of nitrogens with one attached hydrogen (secondary N) is 1. The summed E-state index contributed by atoms with van der Waals surface area (Å²) in [6.07, 6.45) is 6.58. The van der Waals surface area contributed by atoms with Gasteiger partial charge in [0.1, 0.15) is 17.6 Å². The summed E-state index contributed by atoms with van der Waals surface area (Å²) in [5.74, 6) is 0.972. The first-order valence-electron chi connectivity index (χ1n) is 13.3. The highest BCUT2D eigenvalue weighted by molar-refractivity contribution is 5.77. The first kappa shape index (κ1) is 26.4. The lowest BCUT2D eigenvalue weighted by molar-refractivity contribution is -0.151. The topological polar surface area (TPSA) is 83.9 Å². The maximum absolute atomic E-state index is 12.3. The summed E-state index contributed by atoms with van der Waals surface area (Å²) in [6.45, 7) is 9.26. The summed E-state index contributed by atoms with van der Waals surface area (Å²) >= 11 is 0. The number of likely N-dealkylation sites (tertiary alicyclic amines) is 1. The Morgan fingerprint density at radius 2 is 2.00 bits per heavy atom. The molecule has 0 aliphatic carbocycles. The third-order valence-electron chi connectivity index (χ3n) is 7.18. The van der Waals surface area contributed by atoms with Gasteiger partial charge in [-0.25, -0.2) is 4.98 Å². The number of aliphatic carboxylic acids is 1. The van der Waals surface area contributed by atoms with Crippen molar-refractivity contribution >= 4 is 11.8 Å².